The molecule has 2 atom stereocenters. The Bertz CT molecular complexity index is 273. The molecule has 0 bridgehead atoms. The zero-order valence-electron chi connectivity index (χ0n) is 7.86. The van der Waals surface area contributed by atoms with Gasteiger partial charge in [-0.15, -0.1) is 0 Å². The maximum absolute atomic E-state index is 11.3. The molecule has 1 heterocycles. The summed E-state index contributed by atoms with van der Waals surface area (Å²) < 4.78 is 22.6. The largest absolute Gasteiger partial charge is 0.393 e. The third-order valence-electron chi connectivity index (χ3n) is 2.34. The number of aliphatic hydroxyl groups excluding tert-OH is 1. The van der Waals surface area contributed by atoms with E-state index in [0.29, 0.717) is 19.3 Å². The Morgan fingerprint density at radius 3 is 2.69 bits per heavy atom. The highest BCUT2D eigenvalue weighted by atomic mass is 32.2. The first-order valence-electron chi connectivity index (χ1n) is 4.50. The molecule has 78 valence electrons. The summed E-state index contributed by atoms with van der Waals surface area (Å²) in [4.78, 5) is 0. The molecule has 1 aliphatic rings. The second-order valence-corrected chi connectivity index (χ2v) is 6.30. The van der Waals surface area contributed by atoms with Crippen molar-refractivity contribution in [1.29, 1.82) is 0 Å². The fourth-order valence-corrected chi connectivity index (χ4v) is 3.84. The summed E-state index contributed by atoms with van der Waals surface area (Å²) in [6, 6.07) is 0. The minimum Gasteiger partial charge on any atom is -0.393 e. The lowest BCUT2D eigenvalue weighted by Gasteiger charge is -2.33. The molecular weight excluding hydrogens is 190 g/mol. The van der Waals surface area contributed by atoms with Gasteiger partial charge >= 0.3 is 0 Å². The molecular formula is C8H17NO3S. The Kier molecular flexibility index (Phi) is 2.99. The average Bonchev–Trinajstić information content (AvgIpc) is 1.79. The van der Waals surface area contributed by atoms with Crippen molar-refractivity contribution in [2.24, 2.45) is 5.73 Å². The van der Waals surface area contributed by atoms with E-state index in [1.165, 1.54) is 0 Å². The lowest BCUT2D eigenvalue weighted by Crippen LogP contribution is -2.51. The SMILES string of the molecule is CC(O)CC1(N)CCCS(=O)(=O)C1. The summed E-state index contributed by atoms with van der Waals surface area (Å²) >= 11 is 0. The fraction of sp³-hybridized carbons (Fsp3) is 1.00. The molecule has 13 heavy (non-hydrogen) atoms. The molecule has 0 saturated carbocycles. The first-order valence-corrected chi connectivity index (χ1v) is 6.33. The van der Waals surface area contributed by atoms with Gasteiger partial charge in [-0.1, -0.05) is 0 Å². The van der Waals surface area contributed by atoms with Crippen molar-refractivity contribution < 1.29 is 13.5 Å². The first kappa shape index (κ1) is 10.9. The molecule has 1 rings (SSSR count). The van der Waals surface area contributed by atoms with Gasteiger partial charge in [0.2, 0.25) is 0 Å². The molecule has 1 fully saturated rings. The molecule has 2 unspecified atom stereocenters. The summed E-state index contributed by atoms with van der Waals surface area (Å²) in [6.07, 6.45) is 1.15. The van der Waals surface area contributed by atoms with E-state index in [1.807, 2.05) is 0 Å². The molecule has 5 heteroatoms. The van der Waals surface area contributed by atoms with Crippen molar-refractivity contribution in [2.75, 3.05) is 11.5 Å². The fourth-order valence-electron chi connectivity index (χ4n) is 1.98. The van der Waals surface area contributed by atoms with E-state index in [0.717, 1.165) is 0 Å². The van der Waals surface area contributed by atoms with Crippen molar-refractivity contribution >= 4 is 9.84 Å². The second kappa shape index (κ2) is 3.55. The molecule has 0 aromatic heterocycles. The molecule has 0 aromatic rings. The third kappa shape index (κ3) is 3.25. The molecule has 0 radical (unpaired) electrons. The van der Waals surface area contributed by atoms with Crippen LogP contribution in [0.4, 0.5) is 0 Å². The van der Waals surface area contributed by atoms with Crippen LogP contribution in [0, 0.1) is 0 Å². The minimum atomic E-state index is -2.97. The van der Waals surface area contributed by atoms with Crippen LogP contribution in [0.15, 0.2) is 0 Å². The van der Waals surface area contributed by atoms with Crippen molar-refractivity contribution in [1.82, 2.24) is 0 Å². The Balaban J connectivity index is 2.69. The average molecular weight is 207 g/mol. The van der Waals surface area contributed by atoms with Gasteiger partial charge in [0.25, 0.3) is 0 Å². The van der Waals surface area contributed by atoms with E-state index in [4.69, 9.17) is 10.8 Å². The maximum atomic E-state index is 11.3. The van der Waals surface area contributed by atoms with Crippen LogP contribution in [-0.4, -0.2) is 36.7 Å². The summed E-state index contributed by atoms with van der Waals surface area (Å²) in [5.41, 5.74) is 5.19. The van der Waals surface area contributed by atoms with Gasteiger partial charge in [-0.2, -0.15) is 0 Å². The van der Waals surface area contributed by atoms with Gasteiger partial charge < -0.3 is 10.8 Å². The molecule has 0 spiro atoms. The zero-order valence-corrected chi connectivity index (χ0v) is 8.68. The van der Waals surface area contributed by atoms with Crippen molar-refractivity contribution in [3.05, 3.63) is 0 Å². The number of hydrogen-bond acceptors (Lipinski definition) is 4. The number of rotatable bonds is 2. The number of sulfone groups is 1. The van der Waals surface area contributed by atoms with Crippen molar-refractivity contribution in [3.63, 3.8) is 0 Å². The van der Waals surface area contributed by atoms with Crippen LogP contribution in [0.1, 0.15) is 26.2 Å². The van der Waals surface area contributed by atoms with Crippen LogP contribution in [-0.2, 0) is 9.84 Å². The zero-order chi connectivity index (χ0) is 10.1. The highest BCUT2D eigenvalue weighted by molar-refractivity contribution is 7.91. The van der Waals surface area contributed by atoms with E-state index < -0.39 is 21.5 Å². The molecule has 0 amide bonds. The number of hydrogen-bond donors (Lipinski definition) is 2. The van der Waals surface area contributed by atoms with Crippen LogP contribution in [0.25, 0.3) is 0 Å². The normalized spacial score (nSPS) is 35.6. The molecule has 1 saturated heterocycles. The molecule has 0 aliphatic carbocycles. The monoisotopic (exact) mass is 207 g/mol. The Morgan fingerprint density at radius 2 is 2.23 bits per heavy atom. The van der Waals surface area contributed by atoms with Gasteiger partial charge in [-0.05, 0) is 26.2 Å². The highest BCUT2D eigenvalue weighted by Crippen LogP contribution is 2.24. The van der Waals surface area contributed by atoms with Crippen LogP contribution in [0.5, 0.6) is 0 Å². The van der Waals surface area contributed by atoms with Crippen LogP contribution >= 0.6 is 0 Å². The van der Waals surface area contributed by atoms with E-state index in [1.54, 1.807) is 6.92 Å². The van der Waals surface area contributed by atoms with Crippen LogP contribution in [0.3, 0.4) is 0 Å². The Hall–Kier alpha value is -0.130. The van der Waals surface area contributed by atoms with Gasteiger partial charge in [-0.3, -0.25) is 0 Å². The van der Waals surface area contributed by atoms with E-state index in [2.05, 4.69) is 0 Å². The van der Waals surface area contributed by atoms with Crippen LogP contribution < -0.4 is 5.73 Å². The molecule has 4 nitrogen and oxygen atoms in total. The summed E-state index contributed by atoms with van der Waals surface area (Å²) in [7, 11) is -2.97. The van der Waals surface area contributed by atoms with Crippen molar-refractivity contribution in [2.45, 2.75) is 37.8 Å². The summed E-state index contributed by atoms with van der Waals surface area (Å²) in [5, 5.41) is 9.17. The van der Waals surface area contributed by atoms with E-state index in [9.17, 15) is 8.42 Å². The standard InChI is InChI=1S/C8H17NO3S/c1-7(10)5-8(9)3-2-4-13(11,12)6-8/h7,10H,2-6,9H2,1H3. The molecule has 3 N–H and O–H groups in total. The predicted octanol–water partition coefficient (Wildman–Crippen LogP) is -0.337. The number of aliphatic hydroxyl groups is 1. The lowest BCUT2D eigenvalue weighted by atomic mass is 9.90. The topological polar surface area (TPSA) is 80.4 Å². The molecule has 1 aliphatic heterocycles. The molecule has 0 aromatic carbocycles. The van der Waals surface area contributed by atoms with Crippen LogP contribution in [0.2, 0.25) is 0 Å². The quantitative estimate of drug-likeness (QED) is 0.649. The van der Waals surface area contributed by atoms with Gasteiger partial charge in [-0.25, -0.2) is 8.42 Å². The predicted molar refractivity (Wildman–Crippen MR) is 51.1 cm³/mol. The van der Waals surface area contributed by atoms with E-state index >= 15 is 0 Å². The Morgan fingerprint density at radius 1 is 1.62 bits per heavy atom. The first-order chi connectivity index (χ1) is 5.83. The smallest absolute Gasteiger partial charge is 0.152 e. The summed E-state index contributed by atoms with van der Waals surface area (Å²) in [5.74, 6) is 0.261. The number of nitrogens with two attached hydrogens (primary N) is 1. The van der Waals surface area contributed by atoms with Gasteiger partial charge in [0.15, 0.2) is 9.84 Å². The van der Waals surface area contributed by atoms with Gasteiger partial charge in [0.1, 0.15) is 0 Å². The maximum Gasteiger partial charge on any atom is 0.152 e. The van der Waals surface area contributed by atoms with Gasteiger partial charge in [0, 0.05) is 5.54 Å². The third-order valence-corrected chi connectivity index (χ3v) is 4.26. The minimum absolute atomic E-state index is 0.0187. The Labute approximate surface area is 79.0 Å². The lowest BCUT2D eigenvalue weighted by molar-refractivity contribution is 0.149. The summed E-state index contributed by atoms with van der Waals surface area (Å²) in [6.45, 7) is 1.63. The van der Waals surface area contributed by atoms with Gasteiger partial charge in [0.05, 0.1) is 17.6 Å². The van der Waals surface area contributed by atoms with Crippen molar-refractivity contribution in [3.8, 4) is 0 Å². The highest BCUT2D eigenvalue weighted by Gasteiger charge is 2.36. The second-order valence-electron chi connectivity index (χ2n) is 4.11. The van der Waals surface area contributed by atoms with E-state index in [-0.39, 0.29) is 11.5 Å².